The fourth-order valence-electron chi connectivity index (χ4n) is 2.50. The molecule has 0 unspecified atom stereocenters. The van der Waals surface area contributed by atoms with Gasteiger partial charge in [0, 0.05) is 20.9 Å². The van der Waals surface area contributed by atoms with E-state index in [0.29, 0.717) is 20.9 Å². The van der Waals surface area contributed by atoms with Crippen LogP contribution in [0.3, 0.4) is 0 Å². The van der Waals surface area contributed by atoms with Crippen molar-refractivity contribution in [3.8, 4) is 0 Å². The lowest BCUT2D eigenvalue weighted by molar-refractivity contribution is 0.101. The van der Waals surface area contributed by atoms with Gasteiger partial charge in [0.1, 0.15) is 0 Å². The molecule has 0 aromatic heterocycles. The quantitative estimate of drug-likeness (QED) is 0.672. The molecule has 102 valence electrons. The van der Waals surface area contributed by atoms with Crippen LogP contribution in [0.25, 0.3) is 0 Å². The van der Waals surface area contributed by atoms with Crippen LogP contribution in [0.4, 0.5) is 0 Å². The molecule has 0 aliphatic carbocycles. The van der Waals surface area contributed by atoms with E-state index >= 15 is 0 Å². The number of hydrogen-bond donors (Lipinski definition) is 0. The average molecular weight is 310 g/mol. The normalized spacial score (nSPS) is 19.9. The third-order valence-electron chi connectivity index (χ3n) is 3.56. The molecule has 0 saturated heterocycles. The Labute approximate surface area is 130 Å². The molecule has 0 amide bonds. The smallest absolute Gasteiger partial charge is 0.202 e. The van der Waals surface area contributed by atoms with Crippen molar-refractivity contribution in [1.29, 1.82) is 0 Å². The Morgan fingerprint density at radius 2 is 1.38 bits per heavy atom. The molecular formula is C17H10O2S2. The first-order chi connectivity index (χ1) is 10.1. The molecule has 0 atom stereocenters. The standard InChI is InChI=1S/C17H10O2S2/c1-9-6-7-11-13(8-9)21-17(15(11)19)16-14(18)10-4-2-3-5-12(10)20-16/h2-8H,1H3/b17-16+. The van der Waals surface area contributed by atoms with Crippen LogP contribution < -0.4 is 0 Å². The van der Waals surface area contributed by atoms with Crippen LogP contribution in [0.1, 0.15) is 26.3 Å². The molecule has 2 heterocycles. The lowest BCUT2D eigenvalue weighted by Gasteiger charge is -1.98. The molecule has 0 spiro atoms. The second-order valence-corrected chi connectivity index (χ2v) is 7.12. The molecule has 4 heteroatoms. The largest absolute Gasteiger partial charge is 0.288 e. The van der Waals surface area contributed by atoms with Gasteiger partial charge >= 0.3 is 0 Å². The number of aryl methyl sites for hydroxylation is 1. The van der Waals surface area contributed by atoms with Crippen molar-refractivity contribution in [3.05, 3.63) is 69.0 Å². The van der Waals surface area contributed by atoms with Gasteiger partial charge in [-0.15, -0.1) is 0 Å². The molecule has 2 nitrogen and oxygen atoms in total. The van der Waals surface area contributed by atoms with Crippen LogP contribution in [0.2, 0.25) is 0 Å². The summed E-state index contributed by atoms with van der Waals surface area (Å²) in [6.45, 7) is 2.00. The number of rotatable bonds is 0. The zero-order valence-electron chi connectivity index (χ0n) is 11.2. The predicted octanol–water partition coefficient (Wildman–Crippen LogP) is 4.48. The summed E-state index contributed by atoms with van der Waals surface area (Å²) in [6.07, 6.45) is 0. The first kappa shape index (κ1) is 12.9. The Morgan fingerprint density at radius 3 is 2.10 bits per heavy atom. The third kappa shape index (κ3) is 1.90. The Morgan fingerprint density at radius 1 is 0.762 bits per heavy atom. The molecular weight excluding hydrogens is 300 g/mol. The first-order valence-electron chi connectivity index (χ1n) is 6.54. The van der Waals surface area contributed by atoms with Gasteiger partial charge in [0.15, 0.2) is 0 Å². The fourth-order valence-corrected chi connectivity index (χ4v) is 4.90. The molecule has 0 fully saturated rings. The number of hydrogen-bond acceptors (Lipinski definition) is 4. The van der Waals surface area contributed by atoms with Gasteiger partial charge in [-0.1, -0.05) is 41.7 Å². The highest BCUT2D eigenvalue weighted by molar-refractivity contribution is 8.08. The van der Waals surface area contributed by atoms with Crippen LogP contribution in [0.5, 0.6) is 0 Å². The van der Waals surface area contributed by atoms with Crippen LogP contribution in [-0.4, -0.2) is 11.6 Å². The third-order valence-corrected chi connectivity index (χ3v) is 6.01. The van der Waals surface area contributed by atoms with Crippen LogP contribution in [0.15, 0.2) is 62.1 Å². The molecule has 0 radical (unpaired) electrons. The number of ketones is 2. The van der Waals surface area contributed by atoms with E-state index in [2.05, 4.69) is 0 Å². The summed E-state index contributed by atoms with van der Waals surface area (Å²) >= 11 is 2.83. The van der Waals surface area contributed by atoms with E-state index in [0.717, 1.165) is 15.4 Å². The highest BCUT2D eigenvalue weighted by atomic mass is 32.2. The van der Waals surface area contributed by atoms with Gasteiger partial charge in [-0.05, 0) is 36.8 Å². The molecule has 2 aliphatic heterocycles. The Hall–Kier alpha value is -1.78. The highest BCUT2D eigenvalue weighted by Crippen LogP contribution is 2.49. The SMILES string of the molecule is Cc1ccc2c(c1)S/C(=C1/Sc3ccccc3C1=O)C2=O. The van der Waals surface area contributed by atoms with Gasteiger partial charge in [-0.25, -0.2) is 0 Å². The lowest BCUT2D eigenvalue weighted by Crippen LogP contribution is -2.01. The highest BCUT2D eigenvalue weighted by Gasteiger charge is 2.35. The molecule has 0 saturated carbocycles. The van der Waals surface area contributed by atoms with Crippen molar-refractivity contribution in [2.45, 2.75) is 16.7 Å². The average Bonchev–Trinajstić information content (AvgIpc) is 2.97. The molecule has 2 aliphatic rings. The van der Waals surface area contributed by atoms with E-state index in [9.17, 15) is 9.59 Å². The molecule has 0 bridgehead atoms. The second kappa shape index (κ2) is 4.61. The minimum absolute atomic E-state index is 0.0290. The summed E-state index contributed by atoms with van der Waals surface area (Å²) < 4.78 is 0. The van der Waals surface area contributed by atoms with Crippen LogP contribution >= 0.6 is 23.5 Å². The summed E-state index contributed by atoms with van der Waals surface area (Å²) in [6, 6.07) is 13.3. The zero-order chi connectivity index (χ0) is 14.6. The molecule has 2 aromatic carbocycles. The number of thioether (sulfide) groups is 2. The van der Waals surface area contributed by atoms with Gasteiger partial charge in [0.2, 0.25) is 11.6 Å². The minimum Gasteiger partial charge on any atom is -0.288 e. The maximum atomic E-state index is 12.5. The Balaban J connectivity index is 1.83. The van der Waals surface area contributed by atoms with E-state index in [4.69, 9.17) is 0 Å². The molecule has 21 heavy (non-hydrogen) atoms. The number of carbonyl (C=O) groups is 2. The number of allylic oxidation sites excluding steroid dienone is 2. The van der Waals surface area contributed by atoms with Crippen molar-refractivity contribution < 1.29 is 9.59 Å². The van der Waals surface area contributed by atoms with Gasteiger partial charge in [0.05, 0.1) is 9.81 Å². The number of fused-ring (bicyclic) bond motifs is 2. The minimum atomic E-state index is -0.0315. The van der Waals surface area contributed by atoms with Crippen molar-refractivity contribution in [3.63, 3.8) is 0 Å². The van der Waals surface area contributed by atoms with E-state index in [-0.39, 0.29) is 11.6 Å². The predicted molar refractivity (Wildman–Crippen MR) is 85.0 cm³/mol. The fraction of sp³-hybridized carbons (Fsp3) is 0.0588. The van der Waals surface area contributed by atoms with E-state index in [1.54, 1.807) is 0 Å². The van der Waals surface area contributed by atoms with Crippen molar-refractivity contribution in [2.75, 3.05) is 0 Å². The van der Waals surface area contributed by atoms with Gasteiger partial charge < -0.3 is 0 Å². The van der Waals surface area contributed by atoms with E-state index < -0.39 is 0 Å². The topological polar surface area (TPSA) is 34.1 Å². The molecule has 2 aromatic rings. The van der Waals surface area contributed by atoms with Gasteiger partial charge in [-0.2, -0.15) is 0 Å². The summed E-state index contributed by atoms with van der Waals surface area (Å²) in [5.74, 6) is -0.0605. The van der Waals surface area contributed by atoms with Crippen LogP contribution in [0, 0.1) is 6.92 Å². The maximum absolute atomic E-state index is 12.5. The van der Waals surface area contributed by atoms with Gasteiger partial charge in [-0.3, -0.25) is 9.59 Å². The number of carbonyl (C=O) groups excluding carboxylic acids is 2. The maximum Gasteiger partial charge on any atom is 0.202 e. The summed E-state index contributed by atoms with van der Waals surface area (Å²) in [5, 5.41) is 0. The molecule has 4 rings (SSSR count). The van der Waals surface area contributed by atoms with Crippen molar-refractivity contribution in [1.82, 2.24) is 0 Å². The van der Waals surface area contributed by atoms with Crippen LogP contribution in [-0.2, 0) is 0 Å². The van der Waals surface area contributed by atoms with Gasteiger partial charge in [0.25, 0.3) is 0 Å². The first-order valence-corrected chi connectivity index (χ1v) is 8.17. The van der Waals surface area contributed by atoms with Crippen molar-refractivity contribution in [2.24, 2.45) is 0 Å². The lowest BCUT2D eigenvalue weighted by atomic mass is 10.1. The monoisotopic (exact) mass is 310 g/mol. The second-order valence-electron chi connectivity index (χ2n) is 5.02. The Bertz CT molecular complexity index is 850. The summed E-state index contributed by atoms with van der Waals surface area (Å²) in [7, 11) is 0. The number of benzene rings is 2. The van der Waals surface area contributed by atoms with E-state index in [1.807, 2.05) is 49.4 Å². The summed E-state index contributed by atoms with van der Waals surface area (Å²) in [4.78, 5) is 28.1. The van der Waals surface area contributed by atoms with E-state index in [1.165, 1.54) is 23.5 Å². The number of Topliss-reactive ketones (excluding diaryl/α,β-unsaturated/α-hetero) is 2. The summed E-state index contributed by atoms with van der Waals surface area (Å²) in [5.41, 5.74) is 2.52. The zero-order valence-corrected chi connectivity index (χ0v) is 12.8. The molecule has 0 N–H and O–H groups in total. The Kier molecular flexibility index (Phi) is 2.84. The van der Waals surface area contributed by atoms with Crippen molar-refractivity contribution >= 4 is 35.1 Å².